The Morgan fingerprint density at radius 3 is 2.38 bits per heavy atom. The van der Waals surface area contributed by atoms with Gasteiger partial charge in [0.2, 0.25) is 5.91 Å². The zero-order valence-electron chi connectivity index (χ0n) is 12.5. The van der Waals surface area contributed by atoms with Gasteiger partial charge >= 0.3 is 0 Å². The van der Waals surface area contributed by atoms with Gasteiger partial charge in [-0.15, -0.1) is 0 Å². The van der Waals surface area contributed by atoms with E-state index in [0.717, 1.165) is 51.4 Å². The van der Waals surface area contributed by atoms with E-state index in [1.165, 1.54) is 12.5 Å². The Hall–Kier alpha value is -1.38. The molecule has 1 aromatic carbocycles. The van der Waals surface area contributed by atoms with Crippen molar-refractivity contribution < 1.29 is 9.18 Å². The van der Waals surface area contributed by atoms with E-state index in [4.69, 9.17) is 0 Å². The van der Waals surface area contributed by atoms with Crippen molar-refractivity contribution in [3.63, 3.8) is 0 Å². The maximum absolute atomic E-state index is 14.2. The predicted octanol–water partition coefficient (Wildman–Crippen LogP) is 4.29. The number of amides is 1. The molecule has 0 aliphatic heterocycles. The molecule has 21 heavy (non-hydrogen) atoms. The number of hydrogen-bond acceptors (Lipinski definition) is 1. The molecule has 2 aliphatic rings. The topological polar surface area (TPSA) is 29.1 Å². The fraction of sp³-hybridized carbons (Fsp3) is 0.611. The maximum Gasteiger partial charge on any atom is 0.223 e. The van der Waals surface area contributed by atoms with Crippen molar-refractivity contribution in [2.75, 3.05) is 0 Å². The number of hydrogen-bond donors (Lipinski definition) is 1. The van der Waals surface area contributed by atoms with Crippen LogP contribution in [0.2, 0.25) is 0 Å². The Bertz CT molecular complexity index is 502. The molecule has 1 aromatic rings. The Balaban J connectivity index is 1.81. The van der Waals surface area contributed by atoms with Crippen LogP contribution in [-0.4, -0.2) is 5.91 Å². The SMILES string of the molecule is O=C(NC1(c2ccccc2F)CCCC1)C1CCCCC1. The van der Waals surface area contributed by atoms with Gasteiger partial charge in [0.1, 0.15) is 5.82 Å². The average molecular weight is 289 g/mol. The molecule has 0 radical (unpaired) electrons. The lowest BCUT2D eigenvalue weighted by atomic mass is 9.84. The van der Waals surface area contributed by atoms with Crippen LogP contribution in [0, 0.1) is 11.7 Å². The molecule has 0 spiro atoms. The Labute approximate surface area is 126 Å². The summed E-state index contributed by atoms with van der Waals surface area (Å²) >= 11 is 0. The third-order valence-corrected chi connectivity index (χ3v) is 5.18. The molecule has 1 amide bonds. The van der Waals surface area contributed by atoms with Crippen LogP contribution >= 0.6 is 0 Å². The van der Waals surface area contributed by atoms with E-state index in [1.807, 2.05) is 12.1 Å². The summed E-state index contributed by atoms with van der Waals surface area (Å²) in [7, 11) is 0. The van der Waals surface area contributed by atoms with Crippen LogP contribution in [-0.2, 0) is 10.3 Å². The first-order valence-electron chi connectivity index (χ1n) is 8.28. The predicted molar refractivity (Wildman–Crippen MR) is 81.3 cm³/mol. The Morgan fingerprint density at radius 2 is 1.71 bits per heavy atom. The molecule has 0 aromatic heterocycles. The fourth-order valence-electron chi connectivity index (χ4n) is 3.99. The first kappa shape index (κ1) is 14.6. The summed E-state index contributed by atoms with van der Waals surface area (Å²) in [6.07, 6.45) is 9.31. The van der Waals surface area contributed by atoms with Crippen LogP contribution in [0.4, 0.5) is 4.39 Å². The molecular weight excluding hydrogens is 265 g/mol. The van der Waals surface area contributed by atoms with Gasteiger partial charge in [-0.2, -0.15) is 0 Å². The van der Waals surface area contributed by atoms with Crippen LogP contribution in [0.3, 0.4) is 0 Å². The molecule has 2 fully saturated rings. The lowest BCUT2D eigenvalue weighted by Gasteiger charge is -2.34. The third-order valence-electron chi connectivity index (χ3n) is 5.18. The van der Waals surface area contributed by atoms with Gasteiger partial charge in [0.25, 0.3) is 0 Å². The van der Waals surface area contributed by atoms with Crippen LogP contribution in [0.15, 0.2) is 24.3 Å². The van der Waals surface area contributed by atoms with Crippen molar-refractivity contribution in [2.24, 2.45) is 5.92 Å². The van der Waals surface area contributed by atoms with Crippen LogP contribution < -0.4 is 5.32 Å². The number of carbonyl (C=O) groups is 1. The van der Waals surface area contributed by atoms with Gasteiger partial charge in [-0.1, -0.05) is 50.3 Å². The molecule has 3 rings (SSSR count). The zero-order valence-corrected chi connectivity index (χ0v) is 12.5. The summed E-state index contributed by atoms with van der Waals surface area (Å²) < 4.78 is 14.2. The van der Waals surface area contributed by atoms with E-state index < -0.39 is 5.54 Å². The molecule has 114 valence electrons. The first-order chi connectivity index (χ1) is 10.2. The van der Waals surface area contributed by atoms with Gasteiger partial charge in [0, 0.05) is 11.5 Å². The monoisotopic (exact) mass is 289 g/mol. The summed E-state index contributed by atoms with van der Waals surface area (Å²) in [4.78, 5) is 12.6. The quantitative estimate of drug-likeness (QED) is 0.883. The van der Waals surface area contributed by atoms with E-state index in [9.17, 15) is 9.18 Å². The summed E-state index contributed by atoms with van der Waals surface area (Å²) in [5, 5.41) is 3.24. The van der Waals surface area contributed by atoms with Crippen molar-refractivity contribution in [3.05, 3.63) is 35.6 Å². The highest BCUT2D eigenvalue weighted by Gasteiger charge is 2.40. The molecule has 2 nitrogen and oxygen atoms in total. The van der Waals surface area contributed by atoms with Gasteiger partial charge in [-0.05, 0) is 31.7 Å². The van der Waals surface area contributed by atoms with Crippen molar-refractivity contribution in [1.82, 2.24) is 5.32 Å². The zero-order chi connectivity index (χ0) is 14.7. The number of halogens is 1. The standard InChI is InChI=1S/C18H24FNO/c19-16-11-5-4-10-15(16)18(12-6-7-13-18)20-17(21)14-8-2-1-3-9-14/h4-5,10-11,14H,1-3,6-9,12-13H2,(H,20,21). The average Bonchev–Trinajstić information content (AvgIpc) is 2.98. The van der Waals surface area contributed by atoms with Gasteiger partial charge in [0.15, 0.2) is 0 Å². The first-order valence-corrected chi connectivity index (χ1v) is 8.28. The molecule has 1 N–H and O–H groups in total. The minimum absolute atomic E-state index is 0.128. The summed E-state index contributed by atoms with van der Waals surface area (Å²) in [5.41, 5.74) is 0.200. The van der Waals surface area contributed by atoms with Gasteiger partial charge in [-0.25, -0.2) is 4.39 Å². The number of nitrogens with one attached hydrogen (secondary N) is 1. The number of carbonyl (C=O) groups excluding carboxylic acids is 1. The summed E-state index contributed by atoms with van der Waals surface area (Å²) in [5.74, 6) is 0.0752. The van der Waals surface area contributed by atoms with Crippen LogP contribution in [0.25, 0.3) is 0 Å². The number of benzene rings is 1. The molecule has 0 heterocycles. The Kier molecular flexibility index (Phi) is 4.27. The normalized spacial score (nSPS) is 22.1. The second-order valence-electron chi connectivity index (χ2n) is 6.59. The lowest BCUT2D eigenvalue weighted by Crippen LogP contribution is -2.47. The minimum Gasteiger partial charge on any atom is -0.346 e. The molecule has 2 saturated carbocycles. The van der Waals surface area contributed by atoms with Crippen LogP contribution in [0.1, 0.15) is 63.4 Å². The largest absolute Gasteiger partial charge is 0.346 e. The second-order valence-corrected chi connectivity index (χ2v) is 6.59. The highest BCUT2D eigenvalue weighted by Crippen LogP contribution is 2.40. The van der Waals surface area contributed by atoms with Crippen LogP contribution in [0.5, 0.6) is 0 Å². The fourth-order valence-corrected chi connectivity index (χ4v) is 3.99. The molecule has 2 aliphatic carbocycles. The summed E-state index contributed by atoms with van der Waals surface area (Å²) in [6, 6.07) is 6.92. The lowest BCUT2D eigenvalue weighted by molar-refractivity contribution is -0.128. The van der Waals surface area contributed by atoms with E-state index in [2.05, 4.69) is 5.32 Å². The van der Waals surface area contributed by atoms with E-state index in [1.54, 1.807) is 6.07 Å². The van der Waals surface area contributed by atoms with Crippen molar-refractivity contribution in [1.29, 1.82) is 0 Å². The smallest absolute Gasteiger partial charge is 0.223 e. The van der Waals surface area contributed by atoms with Gasteiger partial charge in [-0.3, -0.25) is 4.79 Å². The summed E-state index contributed by atoms with van der Waals surface area (Å²) in [6.45, 7) is 0. The van der Waals surface area contributed by atoms with E-state index in [-0.39, 0.29) is 17.6 Å². The third kappa shape index (κ3) is 2.97. The van der Waals surface area contributed by atoms with Crippen molar-refractivity contribution in [2.45, 2.75) is 63.3 Å². The molecule has 0 bridgehead atoms. The Morgan fingerprint density at radius 1 is 1.05 bits per heavy atom. The van der Waals surface area contributed by atoms with Crippen molar-refractivity contribution in [3.8, 4) is 0 Å². The number of rotatable bonds is 3. The molecule has 3 heteroatoms. The van der Waals surface area contributed by atoms with E-state index in [0.29, 0.717) is 5.56 Å². The highest BCUT2D eigenvalue weighted by atomic mass is 19.1. The van der Waals surface area contributed by atoms with Crippen molar-refractivity contribution >= 4 is 5.91 Å². The minimum atomic E-state index is -0.472. The van der Waals surface area contributed by atoms with E-state index >= 15 is 0 Å². The van der Waals surface area contributed by atoms with Gasteiger partial charge < -0.3 is 5.32 Å². The highest BCUT2D eigenvalue weighted by molar-refractivity contribution is 5.79. The molecule has 0 atom stereocenters. The maximum atomic E-state index is 14.2. The molecule has 0 unspecified atom stereocenters. The molecule has 0 saturated heterocycles. The second kappa shape index (κ2) is 6.17. The molecular formula is C18H24FNO. The van der Waals surface area contributed by atoms with Gasteiger partial charge in [0.05, 0.1) is 5.54 Å².